The molecule has 0 aromatic heterocycles. The molecular weight excluding hydrogens is 233 g/mol. The lowest BCUT2D eigenvalue weighted by atomic mass is 10.1. The summed E-state index contributed by atoms with van der Waals surface area (Å²) in [4.78, 5) is 11.7. The molecule has 1 aromatic carbocycles. The van der Waals surface area contributed by atoms with Crippen LogP contribution in [0.5, 0.6) is 0 Å². The summed E-state index contributed by atoms with van der Waals surface area (Å²) in [6, 6.07) is 6.02. The summed E-state index contributed by atoms with van der Waals surface area (Å²) in [5.74, 6) is -0.506. The average molecular weight is 253 g/mol. The quantitative estimate of drug-likeness (QED) is 0.759. The van der Waals surface area contributed by atoms with E-state index in [9.17, 15) is 9.18 Å². The Balaban J connectivity index is 2.53. The zero-order valence-electron chi connectivity index (χ0n) is 10.9. The Morgan fingerprint density at radius 3 is 2.83 bits per heavy atom. The molecule has 4 heteroatoms. The van der Waals surface area contributed by atoms with E-state index in [-0.39, 0.29) is 17.8 Å². The van der Waals surface area contributed by atoms with Crippen molar-refractivity contribution < 1.29 is 13.9 Å². The fourth-order valence-corrected chi connectivity index (χ4v) is 1.72. The van der Waals surface area contributed by atoms with Gasteiger partial charge in [0.05, 0.1) is 6.61 Å². The number of nitrogens with one attached hydrogen (secondary N) is 1. The summed E-state index contributed by atoms with van der Waals surface area (Å²) in [5, 5.41) is 3.11. The molecule has 0 heterocycles. The average Bonchev–Trinajstić information content (AvgIpc) is 2.35. The second-order valence-corrected chi connectivity index (χ2v) is 4.10. The van der Waals surface area contributed by atoms with Gasteiger partial charge in [-0.3, -0.25) is 4.79 Å². The highest BCUT2D eigenvalue weighted by atomic mass is 19.1. The molecule has 0 bridgehead atoms. The van der Waals surface area contributed by atoms with Crippen molar-refractivity contribution >= 4 is 5.97 Å². The minimum Gasteiger partial charge on any atom is -0.465 e. The summed E-state index contributed by atoms with van der Waals surface area (Å²) >= 11 is 0. The molecule has 0 saturated heterocycles. The fourth-order valence-electron chi connectivity index (χ4n) is 1.72. The first-order valence-electron chi connectivity index (χ1n) is 6.31. The van der Waals surface area contributed by atoms with Crippen LogP contribution < -0.4 is 5.32 Å². The summed E-state index contributed by atoms with van der Waals surface area (Å²) in [7, 11) is 0. The van der Waals surface area contributed by atoms with Crippen molar-refractivity contribution in [1.82, 2.24) is 5.32 Å². The molecule has 3 nitrogen and oxygen atoms in total. The molecule has 1 unspecified atom stereocenters. The standard InChI is InChI=1S/C14H20FNO2/c1-3-6-13(14(17)18-4-2)16-10-11-7-5-8-12(15)9-11/h5,7-9,13,16H,3-4,6,10H2,1-2H3. The van der Waals surface area contributed by atoms with Crippen LogP contribution in [0.1, 0.15) is 32.3 Å². The van der Waals surface area contributed by atoms with E-state index >= 15 is 0 Å². The summed E-state index contributed by atoms with van der Waals surface area (Å²) in [5.41, 5.74) is 0.820. The van der Waals surface area contributed by atoms with Crippen LogP contribution in [0, 0.1) is 5.82 Å². The third kappa shape index (κ3) is 4.84. The van der Waals surface area contributed by atoms with E-state index in [1.54, 1.807) is 13.0 Å². The maximum absolute atomic E-state index is 13.0. The lowest BCUT2D eigenvalue weighted by molar-refractivity contribution is -0.145. The molecule has 0 fully saturated rings. The first-order valence-corrected chi connectivity index (χ1v) is 6.31. The number of rotatable bonds is 7. The molecule has 100 valence electrons. The van der Waals surface area contributed by atoms with Crippen LogP contribution in [-0.2, 0) is 16.1 Å². The molecule has 1 N–H and O–H groups in total. The Kier molecular flexibility index (Phi) is 6.36. The highest BCUT2D eigenvalue weighted by Crippen LogP contribution is 2.05. The number of benzene rings is 1. The van der Waals surface area contributed by atoms with E-state index in [1.807, 2.05) is 13.0 Å². The molecule has 1 rings (SSSR count). The van der Waals surface area contributed by atoms with Gasteiger partial charge in [-0.15, -0.1) is 0 Å². The Labute approximate surface area is 107 Å². The van der Waals surface area contributed by atoms with Gasteiger partial charge in [-0.05, 0) is 31.0 Å². The summed E-state index contributed by atoms with van der Waals surface area (Å²) in [6.07, 6.45) is 1.60. The van der Waals surface area contributed by atoms with Crippen molar-refractivity contribution in [2.24, 2.45) is 0 Å². The minimum absolute atomic E-state index is 0.240. The van der Waals surface area contributed by atoms with E-state index in [4.69, 9.17) is 4.74 Å². The van der Waals surface area contributed by atoms with E-state index in [1.165, 1.54) is 12.1 Å². The van der Waals surface area contributed by atoms with Crippen molar-refractivity contribution in [3.8, 4) is 0 Å². The molecule has 18 heavy (non-hydrogen) atoms. The molecule has 1 atom stereocenters. The number of esters is 1. The smallest absolute Gasteiger partial charge is 0.323 e. The molecule has 1 aromatic rings. The van der Waals surface area contributed by atoms with Crippen LogP contribution in [0.15, 0.2) is 24.3 Å². The SMILES string of the molecule is CCCC(NCc1cccc(F)c1)C(=O)OCC. The topological polar surface area (TPSA) is 38.3 Å². The lowest BCUT2D eigenvalue weighted by Crippen LogP contribution is -2.37. The maximum atomic E-state index is 13.0. The lowest BCUT2D eigenvalue weighted by Gasteiger charge is -2.16. The number of halogens is 1. The van der Waals surface area contributed by atoms with Gasteiger partial charge in [0.1, 0.15) is 11.9 Å². The van der Waals surface area contributed by atoms with Gasteiger partial charge in [-0.25, -0.2) is 4.39 Å². The zero-order valence-corrected chi connectivity index (χ0v) is 10.9. The number of carbonyl (C=O) groups is 1. The van der Waals surface area contributed by atoms with Crippen molar-refractivity contribution in [3.05, 3.63) is 35.6 Å². The Morgan fingerprint density at radius 2 is 2.22 bits per heavy atom. The molecule has 0 spiro atoms. The van der Waals surface area contributed by atoms with E-state index in [0.29, 0.717) is 19.6 Å². The Bertz CT molecular complexity index is 382. The van der Waals surface area contributed by atoms with Crippen LogP contribution in [0.25, 0.3) is 0 Å². The summed E-state index contributed by atoms with van der Waals surface area (Å²) in [6.45, 7) is 4.63. The number of hydrogen-bond acceptors (Lipinski definition) is 3. The molecule has 0 radical (unpaired) electrons. The minimum atomic E-state index is -0.321. The fraction of sp³-hybridized carbons (Fsp3) is 0.500. The maximum Gasteiger partial charge on any atom is 0.323 e. The first-order chi connectivity index (χ1) is 8.67. The normalized spacial score (nSPS) is 12.2. The van der Waals surface area contributed by atoms with Gasteiger partial charge >= 0.3 is 5.97 Å². The van der Waals surface area contributed by atoms with E-state index in [0.717, 1.165) is 12.0 Å². The third-order valence-electron chi connectivity index (χ3n) is 2.59. The van der Waals surface area contributed by atoms with Gasteiger partial charge in [-0.1, -0.05) is 25.5 Å². The second-order valence-electron chi connectivity index (χ2n) is 4.10. The van der Waals surface area contributed by atoms with Crippen LogP contribution in [0.4, 0.5) is 4.39 Å². The van der Waals surface area contributed by atoms with Crippen molar-refractivity contribution in [3.63, 3.8) is 0 Å². The predicted molar refractivity (Wildman–Crippen MR) is 68.6 cm³/mol. The molecule has 0 aliphatic heterocycles. The molecule has 0 saturated carbocycles. The number of ether oxygens (including phenoxy) is 1. The highest BCUT2D eigenvalue weighted by molar-refractivity contribution is 5.75. The molecular formula is C14H20FNO2. The first kappa shape index (κ1) is 14.6. The van der Waals surface area contributed by atoms with Crippen LogP contribution in [0.3, 0.4) is 0 Å². The van der Waals surface area contributed by atoms with E-state index in [2.05, 4.69) is 5.32 Å². The van der Waals surface area contributed by atoms with Crippen molar-refractivity contribution in [1.29, 1.82) is 0 Å². The molecule has 0 amide bonds. The van der Waals surface area contributed by atoms with Gasteiger partial charge in [0.15, 0.2) is 0 Å². The third-order valence-corrected chi connectivity index (χ3v) is 2.59. The number of carbonyl (C=O) groups excluding carboxylic acids is 1. The van der Waals surface area contributed by atoms with Crippen molar-refractivity contribution in [2.75, 3.05) is 6.61 Å². The predicted octanol–water partition coefficient (Wildman–Crippen LogP) is 2.65. The second kappa shape index (κ2) is 7.82. The number of hydrogen-bond donors (Lipinski definition) is 1. The van der Waals surface area contributed by atoms with Gasteiger partial charge < -0.3 is 10.1 Å². The van der Waals surface area contributed by atoms with Crippen molar-refractivity contribution in [2.45, 2.75) is 39.3 Å². The Morgan fingerprint density at radius 1 is 1.44 bits per heavy atom. The van der Waals surface area contributed by atoms with Crippen LogP contribution in [-0.4, -0.2) is 18.6 Å². The molecule has 0 aliphatic rings. The van der Waals surface area contributed by atoms with Crippen LogP contribution in [0.2, 0.25) is 0 Å². The van der Waals surface area contributed by atoms with Gasteiger partial charge in [0.2, 0.25) is 0 Å². The Hall–Kier alpha value is -1.42. The monoisotopic (exact) mass is 253 g/mol. The van der Waals surface area contributed by atoms with Gasteiger partial charge in [0, 0.05) is 6.54 Å². The molecule has 0 aliphatic carbocycles. The largest absolute Gasteiger partial charge is 0.465 e. The summed E-state index contributed by atoms with van der Waals surface area (Å²) < 4.78 is 18.0. The van der Waals surface area contributed by atoms with Gasteiger partial charge in [-0.2, -0.15) is 0 Å². The zero-order chi connectivity index (χ0) is 13.4. The van der Waals surface area contributed by atoms with E-state index < -0.39 is 0 Å². The highest BCUT2D eigenvalue weighted by Gasteiger charge is 2.17. The van der Waals surface area contributed by atoms with Gasteiger partial charge in [0.25, 0.3) is 0 Å². The van der Waals surface area contributed by atoms with Crippen LogP contribution >= 0.6 is 0 Å².